The number of H-pyrrole nitrogens is 1. The molecule has 1 aromatic carbocycles. The van der Waals surface area contributed by atoms with E-state index in [0.29, 0.717) is 58.9 Å². The second kappa shape index (κ2) is 9.50. The molecule has 0 radical (unpaired) electrons. The summed E-state index contributed by atoms with van der Waals surface area (Å²) in [5.74, 6) is 0.705. The van der Waals surface area contributed by atoms with Gasteiger partial charge in [-0.25, -0.2) is 9.97 Å². The lowest BCUT2D eigenvalue weighted by Gasteiger charge is -2.36. The third-order valence-corrected chi connectivity index (χ3v) is 7.72. The van der Waals surface area contributed by atoms with Crippen molar-refractivity contribution in [2.45, 2.75) is 25.5 Å². The maximum atomic E-state index is 12.3. The van der Waals surface area contributed by atoms with E-state index in [-0.39, 0.29) is 18.2 Å². The average Bonchev–Trinajstić information content (AvgIpc) is 3.44. The zero-order valence-corrected chi connectivity index (χ0v) is 21.5. The van der Waals surface area contributed by atoms with E-state index in [1.165, 1.54) is 12.4 Å². The molecule has 2 saturated heterocycles. The number of imide groups is 1. The van der Waals surface area contributed by atoms with Gasteiger partial charge in [0.15, 0.2) is 6.23 Å². The number of benzene rings is 1. The number of halogens is 2. The first-order chi connectivity index (χ1) is 18.3. The number of anilines is 1. The molecule has 1 spiro atoms. The molecule has 0 saturated carbocycles. The highest BCUT2D eigenvalue weighted by molar-refractivity contribution is 6.35. The molecule has 0 aliphatic carbocycles. The molecule has 0 bridgehead atoms. The lowest BCUT2D eigenvalue weighted by atomic mass is 9.77. The van der Waals surface area contributed by atoms with Crippen LogP contribution in [-0.2, 0) is 9.59 Å². The van der Waals surface area contributed by atoms with Gasteiger partial charge in [-0.1, -0.05) is 23.2 Å². The Morgan fingerprint density at radius 2 is 1.76 bits per heavy atom. The first kappa shape index (κ1) is 24.5. The third kappa shape index (κ3) is 4.32. The van der Waals surface area contributed by atoms with E-state index in [1.54, 1.807) is 18.5 Å². The fraction of sp³-hybridized carbons (Fsp3) is 0.280. The number of fused-ring (bicyclic) bond motifs is 1. The number of ether oxygens (including phenoxy) is 1. The number of amides is 2. The number of hydrogen-bond acceptors (Lipinski definition) is 9. The Morgan fingerprint density at radius 1 is 1.05 bits per heavy atom. The van der Waals surface area contributed by atoms with Gasteiger partial charge < -0.3 is 9.64 Å². The molecule has 3 aromatic heterocycles. The molecule has 2 aliphatic rings. The van der Waals surface area contributed by atoms with Crippen molar-refractivity contribution in [3.05, 3.63) is 58.6 Å². The molecular formula is C25H22Cl2N8O3. The van der Waals surface area contributed by atoms with Crippen LogP contribution in [0.4, 0.5) is 5.95 Å². The molecule has 0 unspecified atom stereocenters. The zero-order chi connectivity index (χ0) is 26.4. The van der Waals surface area contributed by atoms with Gasteiger partial charge in [0.05, 0.1) is 21.0 Å². The van der Waals surface area contributed by atoms with Gasteiger partial charge in [-0.15, -0.1) is 0 Å². The van der Waals surface area contributed by atoms with Crippen LogP contribution in [0.5, 0.6) is 5.75 Å². The molecule has 4 aromatic rings. The molecule has 4 N–H and O–H groups in total. The van der Waals surface area contributed by atoms with Crippen LogP contribution in [0.1, 0.15) is 31.1 Å². The first-order valence-corrected chi connectivity index (χ1v) is 12.7. The summed E-state index contributed by atoms with van der Waals surface area (Å²) < 4.78 is 5.93. The third-order valence-electron chi connectivity index (χ3n) is 7.12. The Morgan fingerprint density at radius 3 is 2.42 bits per heavy atom. The Kier molecular flexibility index (Phi) is 6.13. The van der Waals surface area contributed by atoms with E-state index in [9.17, 15) is 9.59 Å². The van der Waals surface area contributed by atoms with E-state index in [0.717, 1.165) is 16.5 Å². The van der Waals surface area contributed by atoms with Crippen molar-refractivity contribution in [1.82, 2.24) is 30.5 Å². The number of nitrogens with zero attached hydrogens (tertiary/aromatic N) is 5. The summed E-state index contributed by atoms with van der Waals surface area (Å²) in [6.07, 6.45) is 6.87. The van der Waals surface area contributed by atoms with E-state index in [4.69, 9.17) is 33.7 Å². The van der Waals surface area contributed by atoms with Gasteiger partial charge in [0.2, 0.25) is 17.8 Å². The number of carbonyl (C=O) groups excluding carboxylic acids is 2. The molecular weight excluding hydrogens is 531 g/mol. The number of aromatic amines is 1. The molecule has 6 rings (SSSR count). The summed E-state index contributed by atoms with van der Waals surface area (Å²) in [6, 6.07) is 5.43. The van der Waals surface area contributed by atoms with Crippen molar-refractivity contribution in [2.24, 2.45) is 11.1 Å². The van der Waals surface area contributed by atoms with Crippen LogP contribution in [0.15, 0.2) is 43.0 Å². The van der Waals surface area contributed by atoms with E-state index in [2.05, 4.69) is 30.5 Å². The number of piperidine rings is 1. The molecule has 38 heavy (non-hydrogen) atoms. The monoisotopic (exact) mass is 552 g/mol. The summed E-state index contributed by atoms with van der Waals surface area (Å²) >= 11 is 12.4. The molecule has 5 heterocycles. The minimum atomic E-state index is -0.898. The van der Waals surface area contributed by atoms with Gasteiger partial charge in [0.1, 0.15) is 11.4 Å². The van der Waals surface area contributed by atoms with Crippen LogP contribution in [0.2, 0.25) is 10.0 Å². The highest BCUT2D eigenvalue weighted by Gasteiger charge is 2.48. The predicted octanol–water partition coefficient (Wildman–Crippen LogP) is 3.39. The summed E-state index contributed by atoms with van der Waals surface area (Å²) in [5.41, 5.74) is 8.26. The molecule has 2 aliphatic heterocycles. The maximum absolute atomic E-state index is 12.3. The van der Waals surface area contributed by atoms with Gasteiger partial charge in [-0.3, -0.25) is 30.7 Å². The molecule has 1 atom stereocenters. The lowest BCUT2D eigenvalue weighted by molar-refractivity contribution is -0.129. The lowest BCUT2D eigenvalue weighted by Crippen LogP contribution is -2.44. The fourth-order valence-electron chi connectivity index (χ4n) is 5.02. The van der Waals surface area contributed by atoms with Gasteiger partial charge in [0, 0.05) is 60.8 Å². The number of aromatic nitrogens is 5. The quantitative estimate of drug-likeness (QED) is 0.249. The van der Waals surface area contributed by atoms with Crippen LogP contribution in [0, 0.1) is 5.41 Å². The summed E-state index contributed by atoms with van der Waals surface area (Å²) in [4.78, 5) is 39.0. The van der Waals surface area contributed by atoms with Crippen LogP contribution >= 0.6 is 23.2 Å². The Hall–Kier alpha value is -3.80. The van der Waals surface area contributed by atoms with Crippen molar-refractivity contribution >= 4 is 51.9 Å². The fourth-order valence-corrected chi connectivity index (χ4v) is 5.60. The predicted molar refractivity (Wildman–Crippen MR) is 141 cm³/mol. The van der Waals surface area contributed by atoms with Gasteiger partial charge in [-0.05, 0) is 31.0 Å². The summed E-state index contributed by atoms with van der Waals surface area (Å²) in [6.45, 7) is 1.19. The SMILES string of the molecule is N[C@@H](Oc1ccc2[nH]nc(-c3cnc(N4CCC5(CC4)CC(=O)NC5=O)nc3)c2c1)c1c(Cl)cncc1Cl. The smallest absolute Gasteiger partial charge is 0.233 e. The van der Waals surface area contributed by atoms with Crippen LogP contribution in [0.25, 0.3) is 22.2 Å². The number of hydrogen-bond donors (Lipinski definition) is 3. The van der Waals surface area contributed by atoms with Crippen molar-refractivity contribution in [1.29, 1.82) is 0 Å². The van der Waals surface area contributed by atoms with E-state index < -0.39 is 11.6 Å². The highest BCUT2D eigenvalue weighted by atomic mass is 35.5. The Labute approximate surface area is 226 Å². The average molecular weight is 553 g/mol. The minimum Gasteiger partial charge on any atom is -0.471 e. The van der Waals surface area contributed by atoms with Gasteiger partial charge in [0.25, 0.3) is 0 Å². The zero-order valence-electron chi connectivity index (χ0n) is 19.9. The normalized spacial score (nSPS) is 17.7. The number of pyridine rings is 1. The standard InChI is InChI=1S/C25H22Cl2N8O3/c26-16-11-29-12-17(27)20(16)22(28)38-14-1-2-18-15(7-14)21(34-33-18)13-9-30-24(31-10-13)35-5-3-25(4-6-35)8-19(36)32-23(25)37/h1-2,7,9-12,22H,3-6,8,28H2,(H,33,34)(H,32,36,37)/t22-/m0/s1. The van der Waals surface area contributed by atoms with E-state index in [1.807, 2.05) is 17.0 Å². The second-order valence-electron chi connectivity index (χ2n) is 9.43. The number of rotatable bonds is 5. The summed E-state index contributed by atoms with van der Waals surface area (Å²) in [7, 11) is 0. The van der Waals surface area contributed by atoms with Crippen molar-refractivity contribution < 1.29 is 14.3 Å². The highest BCUT2D eigenvalue weighted by Crippen LogP contribution is 2.39. The number of nitrogens with one attached hydrogen (secondary N) is 2. The Bertz CT molecular complexity index is 1530. The Balaban J connectivity index is 1.20. The topological polar surface area (TPSA) is 152 Å². The minimum absolute atomic E-state index is 0.167. The summed E-state index contributed by atoms with van der Waals surface area (Å²) in [5, 5.41) is 11.3. The number of nitrogens with two attached hydrogens (primary N) is 1. The van der Waals surface area contributed by atoms with Crippen LogP contribution < -0.4 is 20.7 Å². The molecule has 13 heteroatoms. The van der Waals surface area contributed by atoms with Crippen LogP contribution in [0.3, 0.4) is 0 Å². The van der Waals surface area contributed by atoms with Crippen LogP contribution in [-0.4, -0.2) is 50.1 Å². The number of carbonyl (C=O) groups is 2. The van der Waals surface area contributed by atoms with E-state index >= 15 is 0 Å². The molecule has 2 amide bonds. The molecule has 11 nitrogen and oxygen atoms in total. The maximum Gasteiger partial charge on any atom is 0.233 e. The largest absolute Gasteiger partial charge is 0.471 e. The van der Waals surface area contributed by atoms with Crippen molar-refractivity contribution in [3.63, 3.8) is 0 Å². The molecule has 194 valence electrons. The van der Waals surface area contributed by atoms with Gasteiger partial charge in [-0.2, -0.15) is 5.10 Å². The molecule has 2 fully saturated rings. The first-order valence-electron chi connectivity index (χ1n) is 11.9. The second-order valence-corrected chi connectivity index (χ2v) is 10.2. The van der Waals surface area contributed by atoms with Crippen molar-refractivity contribution in [2.75, 3.05) is 18.0 Å². The van der Waals surface area contributed by atoms with Gasteiger partial charge >= 0.3 is 0 Å². The van der Waals surface area contributed by atoms with Crippen molar-refractivity contribution in [3.8, 4) is 17.0 Å².